The Kier molecular flexibility index (Phi) is 4.65. The first kappa shape index (κ1) is 14.6. The second kappa shape index (κ2) is 6.07. The molecular weight excluding hydrogens is 326 g/mol. The fourth-order valence-electron chi connectivity index (χ4n) is 1.42. The smallest absolute Gasteiger partial charge is 0.247 e. The Bertz CT molecular complexity index is 534. The van der Waals surface area contributed by atoms with Gasteiger partial charge in [-0.3, -0.25) is 0 Å². The molecule has 102 valence electrons. The number of halogens is 1. The van der Waals surface area contributed by atoms with Gasteiger partial charge in [0, 0.05) is 21.3 Å². The van der Waals surface area contributed by atoms with Crippen molar-refractivity contribution in [2.45, 2.75) is 25.1 Å². The van der Waals surface area contributed by atoms with Crippen LogP contribution in [-0.4, -0.2) is 21.5 Å². The van der Waals surface area contributed by atoms with Crippen LogP contribution in [0.15, 0.2) is 33.2 Å². The maximum atomic E-state index is 5.92. The van der Waals surface area contributed by atoms with Crippen LogP contribution >= 0.6 is 27.7 Å². The number of aromatic nitrogens is 2. The minimum Gasteiger partial charge on any atom is -0.420 e. The maximum absolute atomic E-state index is 5.92. The molecule has 1 aromatic carbocycles. The third-order valence-corrected chi connectivity index (χ3v) is 4.19. The third-order valence-electron chi connectivity index (χ3n) is 2.26. The van der Waals surface area contributed by atoms with Crippen LogP contribution in [-0.2, 0) is 5.75 Å². The maximum Gasteiger partial charge on any atom is 0.247 e. The van der Waals surface area contributed by atoms with Crippen molar-refractivity contribution in [2.75, 3.05) is 5.75 Å². The lowest BCUT2D eigenvalue weighted by Gasteiger charge is -2.16. The average Bonchev–Trinajstić information content (AvgIpc) is 2.77. The quantitative estimate of drug-likeness (QED) is 0.901. The summed E-state index contributed by atoms with van der Waals surface area (Å²) in [6.45, 7) is 4.00. The number of benzene rings is 1. The monoisotopic (exact) mass is 341 g/mol. The Morgan fingerprint density at radius 2 is 1.95 bits per heavy atom. The van der Waals surface area contributed by atoms with E-state index in [1.54, 1.807) is 11.8 Å². The van der Waals surface area contributed by atoms with Crippen molar-refractivity contribution in [2.24, 2.45) is 5.73 Å². The van der Waals surface area contributed by atoms with Crippen LogP contribution in [0.4, 0.5) is 0 Å². The summed E-state index contributed by atoms with van der Waals surface area (Å²) in [7, 11) is 0. The second-order valence-corrected chi connectivity index (χ2v) is 6.89. The number of rotatable bonds is 5. The van der Waals surface area contributed by atoms with E-state index in [1.807, 2.05) is 38.1 Å². The minimum atomic E-state index is -0.181. The molecular formula is C13H16BrN3OS. The summed E-state index contributed by atoms with van der Waals surface area (Å²) < 4.78 is 6.65. The SMILES string of the molecule is CC(C)(N)CSCc1nnc(-c2ccc(Br)cc2)o1. The topological polar surface area (TPSA) is 64.9 Å². The fraction of sp³-hybridized carbons (Fsp3) is 0.385. The molecule has 2 rings (SSSR count). The van der Waals surface area contributed by atoms with Gasteiger partial charge in [-0.05, 0) is 38.1 Å². The van der Waals surface area contributed by atoms with Gasteiger partial charge in [-0.2, -0.15) is 11.8 Å². The summed E-state index contributed by atoms with van der Waals surface area (Å²) >= 11 is 5.09. The van der Waals surface area contributed by atoms with Gasteiger partial charge in [0.05, 0.1) is 5.75 Å². The molecule has 1 aromatic heterocycles. The molecule has 2 aromatic rings. The molecule has 0 aliphatic rings. The fourth-order valence-corrected chi connectivity index (χ4v) is 2.61. The van der Waals surface area contributed by atoms with Crippen LogP contribution in [0.25, 0.3) is 11.5 Å². The van der Waals surface area contributed by atoms with E-state index in [-0.39, 0.29) is 5.54 Å². The Balaban J connectivity index is 1.97. The van der Waals surface area contributed by atoms with E-state index in [0.29, 0.717) is 17.5 Å². The van der Waals surface area contributed by atoms with Gasteiger partial charge >= 0.3 is 0 Å². The van der Waals surface area contributed by atoms with Gasteiger partial charge < -0.3 is 10.2 Å². The predicted octanol–water partition coefficient (Wildman–Crippen LogP) is 3.47. The van der Waals surface area contributed by atoms with Crippen LogP contribution in [0.3, 0.4) is 0 Å². The molecule has 0 saturated carbocycles. The Morgan fingerprint density at radius 1 is 1.26 bits per heavy atom. The van der Waals surface area contributed by atoms with Crippen LogP contribution in [0, 0.1) is 0 Å². The van der Waals surface area contributed by atoms with E-state index >= 15 is 0 Å². The van der Waals surface area contributed by atoms with Gasteiger partial charge in [0.1, 0.15) is 0 Å². The molecule has 0 bridgehead atoms. The molecule has 0 spiro atoms. The highest BCUT2D eigenvalue weighted by atomic mass is 79.9. The average molecular weight is 342 g/mol. The standard InChI is InChI=1S/C13H16BrN3OS/c1-13(2,15)8-19-7-11-16-17-12(18-11)9-3-5-10(14)6-4-9/h3-6H,7-8,15H2,1-2H3. The summed E-state index contributed by atoms with van der Waals surface area (Å²) in [5.41, 5.74) is 6.66. The number of hydrogen-bond donors (Lipinski definition) is 1. The van der Waals surface area contributed by atoms with Crippen LogP contribution in [0.1, 0.15) is 19.7 Å². The van der Waals surface area contributed by atoms with E-state index in [2.05, 4.69) is 26.1 Å². The molecule has 2 N–H and O–H groups in total. The Morgan fingerprint density at radius 3 is 2.58 bits per heavy atom. The molecule has 0 fully saturated rings. The molecule has 0 aliphatic heterocycles. The Labute approximate surface area is 125 Å². The van der Waals surface area contributed by atoms with E-state index in [4.69, 9.17) is 10.2 Å². The third kappa shape index (κ3) is 4.63. The zero-order valence-corrected chi connectivity index (χ0v) is 13.3. The number of nitrogens with zero attached hydrogens (tertiary/aromatic N) is 2. The highest BCUT2D eigenvalue weighted by Crippen LogP contribution is 2.22. The number of nitrogens with two attached hydrogens (primary N) is 1. The molecule has 0 saturated heterocycles. The van der Waals surface area contributed by atoms with E-state index in [1.165, 1.54) is 0 Å². The highest BCUT2D eigenvalue weighted by molar-refractivity contribution is 9.10. The largest absolute Gasteiger partial charge is 0.420 e. The normalized spacial score (nSPS) is 11.8. The van der Waals surface area contributed by atoms with Crippen molar-refractivity contribution in [3.05, 3.63) is 34.6 Å². The zero-order chi connectivity index (χ0) is 13.9. The molecule has 0 atom stereocenters. The first-order valence-corrected chi connectivity index (χ1v) is 7.84. The first-order chi connectivity index (χ1) is 8.94. The summed E-state index contributed by atoms with van der Waals surface area (Å²) in [6, 6.07) is 7.78. The number of thioether (sulfide) groups is 1. The molecule has 6 heteroatoms. The minimum absolute atomic E-state index is 0.181. The molecule has 0 amide bonds. The van der Waals surface area contributed by atoms with Gasteiger partial charge in [-0.15, -0.1) is 10.2 Å². The highest BCUT2D eigenvalue weighted by Gasteiger charge is 2.13. The van der Waals surface area contributed by atoms with Gasteiger partial charge in [-0.1, -0.05) is 15.9 Å². The molecule has 4 nitrogen and oxygen atoms in total. The van der Waals surface area contributed by atoms with E-state index in [9.17, 15) is 0 Å². The predicted molar refractivity (Wildman–Crippen MR) is 81.9 cm³/mol. The molecule has 1 heterocycles. The van der Waals surface area contributed by atoms with Crippen molar-refractivity contribution in [3.8, 4) is 11.5 Å². The molecule has 0 unspecified atom stereocenters. The Hall–Kier alpha value is -0.850. The lowest BCUT2D eigenvalue weighted by molar-refractivity contribution is 0.527. The lowest BCUT2D eigenvalue weighted by atomic mass is 10.1. The summed E-state index contributed by atoms with van der Waals surface area (Å²) in [4.78, 5) is 0. The van der Waals surface area contributed by atoms with Crippen LogP contribution < -0.4 is 5.73 Å². The first-order valence-electron chi connectivity index (χ1n) is 5.89. The van der Waals surface area contributed by atoms with Gasteiger partial charge in [-0.25, -0.2) is 0 Å². The summed E-state index contributed by atoms with van der Waals surface area (Å²) in [6.07, 6.45) is 0. The van der Waals surface area contributed by atoms with Crippen molar-refractivity contribution < 1.29 is 4.42 Å². The van der Waals surface area contributed by atoms with E-state index in [0.717, 1.165) is 15.8 Å². The summed E-state index contributed by atoms with van der Waals surface area (Å²) in [5, 5.41) is 8.10. The van der Waals surface area contributed by atoms with Gasteiger partial charge in [0.25, 0.3) is 0 Å². The van der Waals surface area contributed by atoms with E-state index < -0.39 is 0 Å². The van der Waals surface area contributed by atoms with Crippen molar-refractivity contribution in [3.63, 3.8) is 0 Å². The molecule has 0 radical (unpaired) electrons. The van der Waals surface area contributed by atoms with Crippen molar-refractivity contribution >= 4 is 27.7 Å². The van der Waals surface area contributed by atoms with Crippen LogP contribution in [0.2, 0.25) is 0 Å². The molecule has 19 heavy (non-hydrogen) atoms. The van der Waals surface area contributed by atoms with Crippen molar-refractivity contribution in [1.82, 2.24) is 10.2 Å². The van der Waals surface area contributed by atoms with Crippen LogP contribution in [0.5, 0.6) is 0 Å². The molecule has 0 aliphatic carbocycles. The zero-order valence-electron chi connectivity index (χ0n) is 10.9. The van der Waals surface area contributed by atoms with Crippen molar-refractivity contribution in [1.29, 1.82) is 0 Å². The number of hydrogen-bond acceptors (Lipinski definition) is 5. The second-order valence-electron chi connectivity index (χ2n) is 4.99. The van der Waals surface area contributed by atoms with Gasteiger partial charge in [0.15, 0.2) is 0 Å². The summed E-state index contributed by atoms with van der Waals surface area (Å²) in [5.74, 6) is 2.72. The van der Waals surface area contributed by atoms with Gasteiger partial charge in [0.2, 0.25) is 11.8 Å². The lowest BCUT2D eigenvalue weighted by Crippen LogP contribution is -2.34.